The van der Waals surface area contributed by atoms with Gasteiger partial charge in [-0.2, -0.15) is 0 Å². The van der Waals surface area contributed by atoms with Gasteiger partial charge in [-0.3, -0.25) is 4.79 Å². The quantitative estimate of drug-likeness (QED) is 0.329. The van der Waals surface area contributed by atoms with Crippen LogP contribution in [0.3, 0.4) is 0 Å². The van der Waals surface area contributed by atoms with E-state index in [-0.39, 0.29) is 0 Å². The van der Waals surface area contributed by atoms with Crippen LogP contribution in [0.15, 0.2) is 12.7 Å². The first-order chi connectivity index (χ1) is 6.67. The number of hydrogen-bond acceptors (Lipinski definition) is 4. The van der Waals surface area contributed by atoms with Crippen LogP contribution in [0.1, 0.15) is 0 Å². The second kappa shape index (κ2) is 6.72. The Balaban J connectivity index is 4.38. The molecule has 0 spiro atoms. The van der Waals surface area contributed by atoms with Crippen LogP contribution >= 0.6 is 0 Å². The average Bonchev–Trinajstić information content (AvgIpc) is 2.25. The van der Waals surface area contributed by atoms with Gasteiger partial charge in [-0.05, 0) is 0 Å². The maximum atomic E-state index is 10.7. The summed E-state index contributed by atoms with van der Waals surface area (Å²) in [5.41, 5.74) is 0. The second-order valence-electron chi connectivity index (χ2n) is 2.62. The molecule has 5 nitrogen and oxygen atoms in total. The van der Waals surface area contributed by atoms with E-state index in [1.807, 2.05) is 0 Å². The predicted molar refractivity (Wildman–Crippen MR) is 54.6 cm³/mol. The molecule has 0 aliphatic heterocycles. The van der Waals surface area contributed by atoms with Gasteiger partial charge < -0.3 is 18.2 Å². The lowest BCUT2D eigenvalue weighted by Gasteiger charge is -2.28. The van der Waals surface area contributed by atoms with E-state index >= 15 is 0 Å². The smallest absolute Gasteiger partial charge is 0.376 e. The molecular formula is C8H17NO4Si. The van der Waals surface area contributed by atoms with Crippen molar-refractivity contribution < 1.29 is 18.1 Å². The highest BCUT2D eigenvalue weighted by molar-refractivity contribution is 6.60. The summed E-state index contributed by atoms with van der Waals surface area (Å²) in [7, 11) is 1.84. The molecule has 0 aliphatic carbocycles. The highest BCUT2D eigenvalue weighted by atomic mass is 28.4. The molecule has 0 aromatic heterocycles. The van der Waals surface area contributed by atoms with Crippen LogP contribution in [0, 0.1) is 0 Å². The number of rotatable bonds is 8. The molecule has 6 heteroatoms. The molecule has 0 fully saturated rings. The van der Waals surface area contributed by atoms with Gasteiger partial charge in [0, 0.05) is 27.9 Å². The summed E-state index contributed by atoms with van der Waals surface area (Å²) in [6.45, 7) is 4.00. The molecule has 0 heterocycles. The predicted octanol–water partition coefficient (Wildman–Crippen LogP) is 0.0481. The monoisotopic (exact) mass is 219 g/mol. The lowest BCUT2D eigenvalue weighted by molar-refractivity contribution is -0.117. The highest BCUT2D eigenvalue weighted by Gasteiger charge is 2.39. The van der Waals surface area contributed by atoms with E-state index in [1.54, 1.807) is 6.08 Å². The fourth-order valence-corrected chi connectivity index (χ4v) is 2.59. The fourth-order valence-electron chi connectivity index (χ4n) is 1.00. The van der Waals surface area contributed by atoms with E-state index in [0.717, 1.165) is 6.41 Å². The second-order valence-corrected chi connectivity index (χ2v) is 5.53. The summed E-state index contributed by atoms with van der Waals surface area (Å²) < 4.78 is 15.5. The molecule has 0 unspecified atom stereocenters. The lowest BCUT2D eigenvalue weighted by Crippen LogP contribution is -2.53. The standard InChI is InChI=1S/C8H17NO4Si/c1-5-6-9(7-10)8-14(11-2,12-3)13-4/h5,7H,1,6,8H2,2-4H3. The van der Waals surface area contributed by atoms with E-state index in [2.05, 4.69) is 6.58 Å². The molecule has 82 valence electrons. The van der Waals surface area contributed by atoms with Gasteiger partial charge in [0.2, 0.25) is 6.41 Å². The number of carbonyl (C=O) groups excluding carboxylic acids is 1. The van der Waals surface area contributed by atoms with E-state index < -0.39 is 8.80 Å². The zero-order valence-corrected chi connectivity index (χ0v) is 9.86. The normalized spacial score (nSPS) is 11.1. The van der Waals surface area contributed by atoms with Crippen molar-refractivity contribution in [1.29, 1.82) is 0 Å². The summed E-state index contributed by atoms with van der Waals surface area (Å²) in [5, 5.41) is 0. The molecule has 0 saturated heterocycles. The van der Waals surface area contributed by atoms with Gasteiger partial charge in [-0.15, -0.1) is 6.58 Å². The van der Waals surface area contributed by atoms with Gasteiger partial charge in [0.1, 0.15) is 0 Å². The molecular weight excluding hydrogens is 202 g/mol. The van der Waals surface area contributed by atoms with Crippen LogP contribution in [0.4, 0.5) is 0 Å². The van der Waals surface area contributed by atoms with Crippen molar-refractivity contribution in [2.75, 3.05) is 34.0 Å². The van der Waals surface area contributed by atoms with Crippen LogP contribution in [0.2, 0.25) is 0 Å². The summed E-state index contributed by atoms with van der Waals surface area (Å²) in [4.78, 5) is 12.1. The Morgan fingerprint density at radius 3 is 2.07 bits per heavy atom. The van der Waals surface area contributed by atoms with Crippen LogP contribution in [0.25, 0.3) is 0 Å². The molecule has 0 aromatic rings. The van der Waals surface area contributed by atoms with Gasteiger partial charge >= 0.3 is 8.80 Å². The SMILES string of the molecule is C=CCN(C=O)C[Si](OC)(OC)OC. The van der Waals surface area contributed by atoms with Gasteiger partial charge in [0.15, 0.2) is 0 Å². The van der Waals surface area contributed by atoms with E-state index in [1.165, 1.54) is 26.2 Å². The molecule has 14 heavy (non-hydrogen) atoms. The Hall–Kier alpha value is -0.693. The molecule has 0 aromatic carbocycles. The van der Waals surface area contributed by atoms with Gasteiger partial charge in [-0.1, -0.05) is 6.08 Å². The van der Waals surface area contributed by atoms with E-state index in [4.69, 9.17) is 13.3 Å². The van der Waals surface area contributed by atoms with Gasteiger partial charge in [0.25, 0.3) is 0 Å². The third-order valence-electron chi connectivity index (χ3n) is 1.84. The number of nitrogens with zero attached hydrogens (tertiary/aromatic N) is 1. The van der Waals surface area contributed by atoms with Crippen LogP contribution in [-0.2, 0) is 18.1 Å². The molecule has 0 N–H and O–H groups in total. The van der Waals surface area contributed by atoms with Gasteiger partial charge in [-0.25, -0.2) is 0 Å². The first-order valence-corrected chi connectivity index (χ1v) is 6.07. The van der Waals surface area contributed by atoms with Crippen molar-refractivity contribution in [2.24, 2.45) is 0 Å². The van der Waals surface area contributed by atoms with Crippen molar-refractivity contribution in [2.45, 2.75) is 0 Å². The Bertz CT molecular complexity index is 176. The molecule has 0 bridgehead atoms. The molecule has 0 rings (SSSR count). The zero-order chi connectivity index (χ0) is 11.0. The molecule has 0 atom stereocenters. The van der Waals surface area contributed by atoms with Crippen molar-refractivity contribution in [3.63, 3.8) is 0 Å². The van der Waals surface area contributed by atoms with Crippen LogP contribution < -0.4 is 0 Å². The van der Waals surface area contributed by atoms with E-state index in [0.29, 0.717) is 12.7 Å². The Labute approximate surface area is 85.6 Å². The molecule has 0 aliphatic rings. The molecule has 0 radical (unpaired) electrons. The zero-order valence-electron chi connectivity index (χ0n) is 8.86. The summed E-state index contributed by atoms with van der Waals surface area (Å²) in [6, 6.07) is 0. The maximum absolute atomic E-state index is 10.7. The van der Waals surface area contributed by atoms with E-state index in [9.17, 15) is 4.79 Å². The van der Waals surface area contributed by atoms with Crippen molar-refractivity contribution in [3.05, 3.63) is 12.7 Å². The minimum atomic E-state index is -2.69. The minimum absolute atomic E-state index is 0.325. The van der Waals surface area contributed by atoms with Crippen LogP contribution in [0.5, 0.6) is 0 Å². The fraction of sp³-hybridized carbons (Fsp3) is 0.625. The Morgan fingerprint density at radius 1 is 1.29 bits per heavy atom. The number of carbonyl (C=O) groups is 1. The number of hydrogen-bond donors (Lipinski definition) is 0. The first kappa shape index (κ1) is 13.3. The van der Waals surface area contributed by atoms with Crippen molar-refractivity contribution in [3.8, 4) is 0 Å². The summed E-state index contributed by atoms with van der Waals surface area (Å²) in [6.07, 6.45) is 2.68. The van der Waals surface area contributed by atoms with Gasteiger partial charge in [0.05, 0.1) is 6.17 Å². The maximum Gasteiger partial charge on any atom is 0.520 e. The van der Waals surface area contributed by atoms with Crippen molar-refractivity contribution in [1.82, 2.24) is 4.90 Å². The van der Waals surface area contributed by atoms with Crippen molar-refractivity contribution >= 4 is 15.2 Å². The molecule has 1 amide bonds. The summed E-state index contributed by atoms with van der Waals surface area (Å²) in [5.74, 6) is 0. The molecule has 0 saturated carbocycles. The third-order valence-corrected chi connectivity index (χ3v) is 4.50. The summed E-state index contributed by atoms with van der Waals surface area (Å²) >= 11 is 0. The largest absolute Gasteiger partial charge is 0.520 e. The average molecular weight is 219 g/mol. The Morgan fingerprint density at radius 2 is 1.79 bits per heavy atom. The minimum Gasteiger partial charge on any atom is -0.376 e. The number of amides is 1. The lowest BCUT2D eigenvalue weighted by atomic mass is 10.6. The first-order valence-electron chi connectivity index (χ1n) is 4.13. The highest BCUT2D eigenvalue weighted by Crippen LogP contribution is 2.07. The topological polar surface area (TPSA) is 48.0 Å². The third kappa shape index (κ3) is 3.58. The Kier molecular flexibility index (Phi) is 6.38. The van der Waals surface area contributed by atoms with Crippen LogP contribution in [-0.4, -0.2) is 54.2 Å².